The van der Waals surface area contributed by atoms with Crippen LogP contribution in [0.5, 0.6) is 5.75 Å². The Morgan fingerprint density at radius 3 is 2.84 bits per heavy atom. The lowest BCUT2D eigenvalue weighted by Gasteiger charge is -2.08. The molecule has 0 unspecified atom stereocenters. The fourth-order valence-electron chi connectivity index (χ4n) is 2.11. The molecule has 0 atom stereocenters. The molecule has 0 aliphatic carbocycles. The second-order valence-electron chi connectivity index (χ2n) is 5.24. The molecule has 0 bridgehead atoms. The van der Waals surface area contributed by atoms with E-state index in [-0.39, 0.29) is 11.6 Å². The van der Waals surface area contributed by atoms with Gasteiger partial charge in [0.15, 0.2) is 11.0 Å². The predicted molar refractivity (Wildman–Crippen MR) is 100 cm³/mol. The largest absolute Gasteiger partial charge is 0.484 e. The van der Waals surface area contributed by atoms with Crippen LogP contribution >= 0.6 is 39.3 Å². The molecule has 0 saturated carbocycles. The highest BCUT2D eigenvalue weighted by atomic mass is 79.9. The summed E-state index contributed by atoms with van der Waals surface area (Å²) in [6.07, 6.45) is 0. The van der Waals surface area contributed by atoms with Crippen LogP contribution in [-0.2, 0) is 19.4 Å². The molecule has 2 aromatic carbocycles. The quantitative estimate of drug-likeness (QED) is 0.489. The van der Waals surface area contributed by atoms with Gasteiger partial charge >= 0.3 is 0 Å². The molecule has 0 fully saturated rings. The molecule has 25 heavy (non-hydrogen) atoms. The van der Waals surface area contributed by atoms with Crippen LogP contribution < -0.4 is 4.74 Å². The molecule has 0 aliphatic rings. The highest BCUT2D eigenvalue weighted by molar-refractivity contribution is 9.10. The monoisotopic (exact) mass is 441 g/mol. The molecule has 3 rings (SSSR count). The molecule has 0 radical (unpaired) electrons. The van der Waals surface area contributed by atoms with E-state index < -0.39 is 5.82 Å². The summed E-state index contributed by atoms with van der Waals surface area (Å²) in [4.78, 5) is 0. The van der Waals surface area contributed by atoms with Gasteiger partial charge in [0.1, 0.15) is 18.2 Å². The average Bonchev–Trinajstić information content (AvgIpc) is 2.92. The first kappa shape index (κ1) is 18.2. The topological polar surface area (TPSA) is 39.9 Å². The summed E-state index contributed by atoms with van der Waals surface area (Å²) in [5.41, 5.74) is 1.19. The number of benzene rings is 2. The van der Waals surface area contributed by atoms with Gasteiger partial charge in [0.05, 0.1) is 5.02 Å². The van der Waals surface area contributed by atoms with E-state index in [1.807, 2.05) is 23.7 Å². The molecule has 0 amide bonds. The summed E-state index contributed by atoms with van der Waals surface area (Å²) in [7, 11) is 1.88. The number of nitrogens with zero attached hydrogens (tertiary/aromatic N) is 3. The summed E-state index contributed by atoms with van der Waals surface area (Å²) in [6, 6.07) is 12.1. The zero-order valence-corrected chi connectivity index (χ0v) is 16.4. The standard InChI is InChI=1S/C17H14BrClFN3OS/c1-23-16(9-24-15-6-5-13(20)8-14(15)19)21-22-17(23)25-10-11-3-2-4-12(18)7-11/h2-8H,9-10H2,1H3. The number of hydrogen-bond donors (Lipinski definition) is 0. The molecule has 130 valence electrons. The lowest BCUT2D eigenvalue weighted by Crippen LogP contribution is -2.04. The van der Waals surface area contributed by atoms with E-state index in [1.54, 1.807) is 11.8 Å². The molecule has 3 aromatic rings. The first-order valence-corrected chi connectivity index (χ1v) is 9.52. The molecule has 1 heterocycles. The van der Waals surface area contributed by atoms with E-state index in [2.05, 4.69) is 38.3 Å². The van der Waals surface area contributed by atoms with Gasteiger partial charge in [0.2, 0.25) is 0 Å². The number of aromatic nitrogens is 3. The summed E-state index contributed by atoms with van der Waals surface area (Å²) < 4.78 is 21.6. The van der Waals surface area contributed by atoms with E-state index >= 15 is 0 Å². The Hall–Kier alpha value is -1.57. The lowest BCUT2D eigenvalue weighted by molar-refractivity contribution is 0.290. The molecule has 1 aromatic heterocycles. The minimum Gasteiger partial charge on any atom is -0.484 e. The van der Waals surface area contributed by atoms with Crippen molar-refractivity contribution < 1.29 is 9.13 Å². The minimum absolute atomic E-state index is 0.201. The third-order valence-corrected chi connectivity index (χ3v) is 5.31. The van der Waals surface area contributed by atoms with Crippen LogP contribution in [0.15, 0.2) is 52.1 Å². The number of ether oxygens (including phenoxy) is 1. The Balaban J connectivity index is 1.62. The van der Waals surface area contributed by atoms with Crippen LogP contribution in [0.25, 0.3) is 0 Å². The Kier molecular flexibility index (Phi) is 5.98. The van der Waals surface area contributed by atoms with Gasteiger partial charge in [-0.3, -0.25) is 0 Å². The minimum atomic E-state index is -0.401. The van der Waals surface area contributed by atoms with E-state index in [9.17, 15) is 4.39 Å². The fourth-order valence-corrected chi connectivity index (χ4v) is 3.65. The maximum absolute atomic E-state index is 13.1. The van der Waals surface area contributed by atoms with Gasteiger partial charge in [0, 0.05) is 17.3 Å². The van der Waals surface area contributed by atoms with E-state index in [0.717, 1.165) is 15.4 Å². The van der Waals surface area contributed by atoms with Crippen molar-refractivity contribution in [2.45, 2.75) is 17.5 Å². The van der Waals surface area contributed by atoms with Crippen LogP contribution in [0.4, 0.5) is 4.39 Å². The normalized spacial score (nSPS) is 10.9. The van der Waals surface area contributed by atoms with Crippen LogP contribution in [0.1, 0.15) is 11.4 Å². The predicted octanol–water partition coefficient (Wildman–Crippen LogP) is 5.24. The Morgan fingerprint density at radius 2 is 2.08 bits per heavy atom. The number of rotatable bonds is 6. The van der Waals surface area contributed by atoms with E-state index in [1.165, 1.54) is 23.8 Å². The zero-order valence-electron chi connectivity index (χ0n) is 13.2. The van der Waals surface area contributed by atoms with Crippen molar-refractivity contribution in [2.24, 2.45) is 7.05 Å². The lowest BCUT2D eigenvalue weighted by atomic mass is 10.2. The van der Waals surface area contributed by atoms with Gasteiger partial charge in [0.25, 0.3) is 0 Å². The van der Waals surface area contributed by atoms with E-state index in [4.69, 9.17) is 16.3 Å². The molecular formula is C17H14BrClFN3OS. The molecule has 0 N–H and O–H groups in total. The molecular weight excluding hydrogens is 429 g/mol. The highest BCUT2D eigenvalue weighted by Crippen LogP contribution is 2.26. The van der Waals surface area contributed by atoms with Gasteiger partial charge in [-0.15, -0.1) is 10.2 Å². The van der Waals surface area contributed by atoms with Crippen molar-refractivity contribution in [1.82, 2.24) is 14.8 Å². The highest BCUT2D eigenvalue weighted by Gasteiger charge is 2.11. The Labute approximate surface area is 162 Å². The van der Waals surface area contributed by atoms with Gasteiger partial charge in [-0.2, -0.15) is 0 Å². The first-order valence-electron chi connectivity index (χ1n) is 7.36. The number of hydrogen-bond acceptors (Lipinski definition) is 4. The van der Waals surface area contributed by atoms with Crippen LogP contribution in [0, 0.1) is 5.82 Å². The SMILES string of the molecule is Cn1c(COc2ccc(F)cc2Cl)nnc1SCc1cccc(Br)c1. The average molecular weight is 443 g/mol. The van der Waals surface area contributed by atoms with Crippen molar-refractivity contribution in [1.29, 1.82) is 0 Å². The summed E-state index contributed by atoms with van der Waals surface area (Å²) >= 11 is 11.0. The summed E-state index contributed by atoms with van der Waals surface area (Å²) in [5, 5.41) is 9.37. The fraction of sp³-hybridized carbons (Fsp3) is 0.176. The van der Waals surface area contributed by atoms with Crippen molar-refractivity contribution in [3.63, 3.8) is 0 Å². The van der Waals surface area contributed by atoms with Crippen LogP contribution in [0.2, 0.25) is 5.02 Å². The molecule has 0 spiro atoms. The van der Waals surface area contributed by atoms with Crippen molar-refractivity contribution in [3.8, 4) is 5.75 Å². The first-order chi connectivity index (χ1) is 12.0. The van der Waals surface area contributed by atoms with Gasteiger partial charge in [-0.05, 0) is 35.9 Å². The molecule has 0 saturated heterocycles. The van der Waals surface area contributed by atoms with Gasteiger partial charge < -0.3 is 9.30 Å². The Bertz CT molecular complexity index is 890. The zero-order chi connectivity index (χ0) is 17.8. The third-order valence-electron chi connectivity index (χ3n) is 3.43. The summed E-state index contributed by atoms with van der Waals surface area (Å²) in [5.74, 6) is 1.46. The Morgan fingerprint density at radius 1 is 1.24 bits per heavy atom. The molecule has 0 aliphatic heterocycles. The van der Waals surface area contributed by atoms with Gasteiger partial charge in [-0.1, -0.05) is 51.4 Å². The van der Waals surface area contributed by atoms with Crippen LogP contribution in [0.3, 0.4) is 0 Å². The van der Waals surface area contributed by atoms with Crippen molar-refractivity contribution in [2.75, 3.05) is 0 Å². The maximum Gasteiger partial charge on any atom is 0.191 e. The second kappa shape index (κ2) is 8.21. The molecule has 8 heteroatoms. The van der Waals surface area contributed by atoms with E-state index in [0.29, 0.717) is 11.6 Å². The van der Waals surface area contributed by atoms with Crippen molar-refractivity contribution in [3.05, 3.63) is 69.2 Å². The third kappa shape index (κ3) is 4.74. The smallest absolute Gasteiger partial charge is 0.191 e. The van der Waals surface area contributed by atoms with Gasteiger partial charge in [-0.25, -0.2) is 4.39 Å². The van der Waals surface area contributed by atoms with Crippen molar-refractivity contribution >= 4 is 39.3 Å². The number of thioether (sulfide) groups is 1. The number of halogens is 3. The summed E-state index contributed by atoms with van der Waals surface area (Å²) in [6.45, 7) is 0.201. The second-order valence-corrected chi connectivity index (χ2v) is 7.51. The van der Waals surface area contributed by atoms with Crippen LogP contribution in [-0.4, -0.2) is 14.8 Å². The molecule has 4 nitrogen and oxygen atoms in total. The maximum atomic E-state index is 13.1.